The lowest BCUT2D eigenvalue weighted by atomic mass is 9.95. The number of fused-ring (bicyclic) bond motifs is 1. The molecular formula is C23H28BrNO4S. The van der Waals surface area contributed by atoms with Gasteiger partial charge in [0.15, 0.2) is 0 Å². The number of ether oxygens (including phenoxy) is 2. The van der Waals surface area contributed by atoms with Crippen molar-refractivity contribution in [3.63, 3.8) is 0 Å². The Morgan fingerprint density at radius 1 is 1.23 bits per heavy atom. The fourth-order valence-electron chi connectivity index (χ4n) is 3.41. The Morgan fingerprint density at radius 3 is 2.70 bits per heavy atom. The van der Waals surface area contributed by atoms with Gasteiger partial charge in [-0.15, -0.1) is 11.3 Å². The Balaban J connectivity index is 1.78. The molecule has 0 saturated heterocycles. The van der Waals surface area contributed by atoms with Crippen molar-refractivity contribution in [3.8, 4) is 5.75 Å². The first-order valence-corrected chi connectivity index (χ1v) is 12.1. The molecule has 0 aliphatic heterocycles. The number of nitrogens with one attached hydrogen (secondary N) is 1. The Labute approximate surface area is 190 Å². The maximum Gasteiger partial charge on any atom is 0.341 e. The summed E-state index contributed by atoms with van der Waals surface area (Å²) in [6.07, 6.45) is 4.91. The van der Waals surface area contributed by atoms with Crippen molar-refractivity contribution in [2.45, 2.75) is 52.9 Å². The van der Waals surface area contributed by atoms with Gasteiger partial charge in [0, 0.05) is 10.4 Å². The number of anilines is 1. The van der Waals surface area contributed by atoms with Crippen LogP contribution >= 0.6 is 27.3 Å². The van der Waals surface area contributed by atoms with E-state index in [-0.39, 0.29) is 11.9 Å². The van der Waals surface area contributed by atoms with Crippen LogP contribution in [-0.4, -0.2) is 25.1 Å². The van der Waals surface area contributed by atoms with Crippen molar-refractivity contribution in [1.82, 2.24) is 0 Å². The van der Waals surface area contributed by atoms with Gasteiger partial charge in [0.25, 0.3) is 5.91 Å². The van der Waals surface area contributed by atoms with Gasteiger partial charge in [-0.1, -0.05) is 13.8 Å². The van der Waals surface area contributed by atoms with Crippen molar-refractivity contribution >= 4 is 44.1 Å². The van der Waals surface area contributed by atoms with Gasteiger partial charge in [-0.3, -0.25) is 4.79 Å². The summed E-state index contributed by atoms with van der Waals surface area (Å²) in [5.41, 5.74) is 2.06. The monoisotopic (exact) mass is 493 g/mol. The van der Waals surface area contributed by atoms with E-state index in [2.05, 4.69) is 35.1 Å². The Bertz CT molecular complexity index is 922. The Morgan fingerprint density at radius 2 is 2.00 bits per heavy atom. The van der Waals surface area contributed by atoms with Crippen LogP contribution in [0.2, 0.25) is 0 Å². The number of thiophene rings is 1. The van der Waals surface area contributed by atoms with E-state index in [1.807, 2.05) is 0 Å². The highest BCUT2D eigenvalue weighted by Gasteiger charge is 2.27. The number of rotatable bonds is 8. The molecule has 1 aromatic carbocycles. The summed E-state index contributed by atoms with van der Waals surface area (Å²) in [4.78, 5) is 26.7. The number of benzene rings is 1. The maximum absolute atomic E-state index is 12.9. The SMILES string of the molecule is CCOC(=O)c1c(NC(=O)c2ccc(OCCC(C)C)c(Br)c2)sc2c1CCCC2. The van der Waals surface area contributed by atoms with Crippen molar-refractivity contribution < 1.29 is 19.1 Å². The Kier molecular flexibility index (Phi) is 7.94. The molecule has 1 aromatic heterocycles. The highest BCUT2D eigenvalue weighted by Crippen LogP contribution is 2.39. The number of hydrogen-bond acceptors (Lipinski definition) is 5. The summed E-state index contributed by atoms with van der Waals surface area (Å²) in [5.74, 6) is 0.667. The van der Waals surface area contributed by atoms with Gasteiger partial charge in [-0.25, -0.2) is 4.79 Å². The number of hydrogen-bond donors (Lipinski definition) is 1. The van der Waals surface area contributed by atoms with E-state index < -0.39 is 0 Å². The fourth-order valence-corrected chi connectivity index (χ4v) is 5.18. The van der Waals surface area contributed by atoms with E-state index in [0.717, 1.165) is 42.1 Å². The van der Waals surface area contributed by atoms with Gasteiger partial charge in [-0.2, -0.15) is 0 Å². The Hall–Kier alpha value is -1.86. The van der Waals surface area contributed by atoms with E-state index >= 15 is 0 Å². The van der Waals surface area contributed by atoms with Gasteiger partial charge in [0.05, 0.1) is 23.2 Å². The lowest BCUT2D eigenvalue weighted by Gasteiger charge is -2.13. The van der Waals surface area contributed by atoms with Crippen molar-refractivity contribution in [2.24, 2.45) is 5.92 Å². The molecule has 0 spiro atoms. The number of carbonyl (C=O) groups excluding carboxylic acids is 2. The van der Waals surface area contributed by atoms with Crippen molar-refractivity contribution in [3.05, 3.63) is 44.2 Å². The van der Waals surface area contributed by atoms with Crippen LogP contribution in [0.4, 0.5) is 5.00 Å². The number of aryl methyl sites for hydroxylation is 1. The van der Waals surface area contributed by atoms with Crippen LogP contribution in [0.3, 0.4) is 0 Å². The van der Waals surface area contributed by atoms with Crippen LogP contribution < -0.4 is 10.1 Å². The van der Waals surface area contributed by atoms with Crippen LogP contribution in [0.5, 0.6) is 5.75 Å². The average Bonchev–Trinajstić information content (AvgIpc) is 3.06. The summed E-state index contributed by atoms with van der Waals surface area (Å²) in [6.45, 7) is 7.03. The quantitative estimate of drug-likeness (QED) is 0.441. The second-order valence-electron chi connectivity index (χ2n) is 7.77. The fraction of sp³-hybridized carbons (Fsp3) is 0.478. The number of esters is 1. The minimum atomic E-state index is -0.359. The lowest BCUT2D eigenvalue weighted by molar-refractivity contribution is 0.0526. The largest absolute Gasteiger partial charge is 0.492 e. The minimum Gasteiger partial charge on any atom is -0.492 e. The topological polar surface area (TPSA) is 64.6 Å². The molecule has 162 valence electrons. The molecule has 0 bridgehead atoms. The highest BCUT2D eigenvalue weighted by atomic mass is 79.9. The normalized spacial score (nSPS) is 13.1. The van der Waals surface area contributed by atoms with E-state index in [4.69, 9.17) is 9.47 Å². The number of carbonyl (C=O) groups is 2. The van der Waals surface area contributed by atoms with Crippen molar-refractivity contribution in [2.75, 3.05) is 18.5 Å². The zero-order valence-corrected chi connectivity index (χ0v) is 20.1. The zero-order valence-electron chi connectivity index (χ0n) is 17.7. The molecule has 1 aliphatic rings. The van der Waals surface area contributed by atoms with Gasteiger partial charge in [0.1, 0.15) is 10.8 Å². The first-order chi connectivity index (χ1) is 14.4. The molecule has 1 heterocycles. The summed E-state index contributed by atoms with van der Waals surface area (Å²) in [5, 5.41) is 3.53. The third-order valence-electron chi connectivity index (χ3n) is 5.02. The summed E-state index contributed by atoms with van der Waals surface area (Å²) < 4.78 is 11.8. The molecule has 1 N–H and O–H groups in total. The van der Waals surface area contributed by atoms with E-state index in [1.165, 1.54) is 16.2 Å². The number of amides is 1. The summed E-state index contributed by atoms with van der Waals surface area (Å²) in [7, 11) is 0. The smallest absolute Gasteiger partial charge is 0.341 e. The molecule has 0 fully saturated rings. The third-order valence-corrected chi connectivity index (χ3v) is 6.85. The third kappa shape index (κ3) is 5.43. The van der Waals surface area contributed by atoms with Crippen LogP contribution in [0.25, 0.3) is 0 Å². The van der Waals surface area contributed by atoms with Crippen LogP contribution in [0, 0.1) is 5.92 Å². The first-order valence-electron chi connectivity index (χ1n) is 10.5. The zero-order chi connectivity index (χ0) is 21.7. The van der Waals surface area contributed by atoms with Gasteiger partial charge in [-0.05, 0) is 84.6 Å². The molecular weight excluding hydrogens is 466 g/mol. The van der Waals surface area contributed by atoms with Crippen LogP contribution in [0.15, 0.2) is 22.7 Å². The van der Waals surface area contributed by atoms with Gasteiger partial charge < -0.3 is 14.8 Å². The summed E-state index contributed by atoms with van der Waals surface area (Å²) >= 11 is 4.99. The lowest BCUT2D eigenvalue weighted by Crippen LogP contribution is -2.16. The van der Waals surface area contributed by atoms with Crippen molar-refractivity contribution in [1.29, 1.82) is 0 Å². The minimum absolute atomic E-state index is 0.256. The molecule has 5 nitrogen and oxygen atoms in total. The molecule has 7 heteroatoms. The standard InChI is InChI=1S/C23H28BrNO4S/c1-4-28-23(27)20-16-7-5-6-8-19(16)30-22(20)25-21(26)15-9-10-18(17(24)13-15)29-12-11-14(2)3/h9-10,13-14H,4-8,11-12H2,1-3H3,(H,25,26). The van der Waals surface area contributed by atoms with Crippen LogP contribution in [0.1, 0.15) is 71.2 Å². The molecule has 30 heavy (non-hydrogen) atoms. The average molecular weight is 494 g/mol. The second-order valence-corrected chi connectivity index (χ2v) is 9.73. The first kappa shape index (κ1) is 22.8. The molecule has 3 rings (SSSR count). The highest BCUT2D eigenvalue weighted by molar-refractivity contribution is 9.10. The molecule has 0 saturated carbocycles. The molecule has 1 aliphatic carbocycles. The van der Waals surface area contributed by atoms with Gasteiger partial charge >= 0.3 is 5.97 Å². The van der Waals surface area contributed by atoms with E-state index in [1.54, 1.807) is 25.1 Å². The van der Waals surface area contributed by atoms with E-state index in [0.29, 0.717) is 41.0 Å². The maximum atomic E-state index is 12.9. The summed E-state index contributed by atoms with van der Waals surface area (Å²) in [6, 6.07) is 5.28. The van der Waals surface area contributed by atoms with Gasteiger partial charge in [0.2, 0.25) is 0 Å². The number of halogens is 1. The molecule has 0 atom stereocenters. The van der Waals surface area contributed by atoms with E-state index in [9.17, 15) is 9.59 Å². The second kappa shape index (κ2) is 10.4. The molecule has 1 amide bonds. The molecule has 2 aromatic rings. The van der Waals surface area contributed by atoms with Crippen LogP contribution in [-0.2, 0) is 17.6 Å². The predicted molar refractivity (Wildman–Crippen MR) is 124 cm³/mol. The predicted octanol–water partition coefficient (Wildman–Crippen LogP) is 6.24. The molecule has 0 radical (unpaired) electrons. The molecule has 0 unspecified atom stereocenters.